The molecule has 0 unspecified atom stereocenters. The van der Waals surface area contributed by atoms with Gasteiger partial charge in [0, 0.05) is 17.0 Å². The molecule has 0 aliphatic rings. The highest BCUT2D eigenvalue weighted by molar-refractivity contribution is 6.30. The molecule has 0 aromatic heterocycles. The molecule has 0 nitrogen and oxygen atoms in total. The molecule has 0 fully saturated rings. The van der Waals surface area contributed by atoms with E-state index in [4.69, 9.17) is 11.6 Å². The Labute approximate surface area is 72.2 Å². The Kier molecular flexibility index (Phi) is 3.01. The fourth-order valence-corrected chi connectivity index (χ4v) is 0.947. The van der Waals surface area contributed by atoms with Crippen LogP contribution in [0, 0.1) is 11.8 Å². The van der Waals surface area contributed by atoms with Crippen LogP contribution in [0.2, 0.25) is 5.02 Å². The molecule has 1 heteroatoms. The molecular formula is C10H9Cl. The molecule has 0 saturated heterocycles. The van der Waals surface area contributed by atoms with Crippen molar-refractivity contribution in [2.24, 2.45) is 0 Å². The van der Waals surface area contributed by atoms with Gasteiger partial charge in [-0.05, 0) is 18.2 Å². The van der Waals surface area contributed by atoms with Crippen molar-refractivity contribution in [3.63, 3.8) is 0 Å². The third kappa shape index (κ3) is 2.65. The van der Waals surface area contributed by atoms with Gasteiger partial charge >= 0.3 is 0 Å². The zero-order valence-electron chi connectivity index (χ0n) is 6.39. The maximum absolute atomic E-state index is 5.76. The molecular weight excluding hydrogens is 156 g/mol. The van der Waals surface area contributed by atoms with E-state index in [2.05, 4.69) is 11.8 Å². The van der Waals surface area contributed by atoms with Crippen molar-refractivity contribution in [1.82, 2.24) is 0 Å². The van der Waals surface area contributed by atoms with Crippen molar-refractivity contribution in [1.29, 1.82) is 0 Å². The van der Waals surface area contributed by atoms with Crippen molar-refractivity contribution in [3.8, 4) is 11.8 Å². The molecule has 0 N–H and O–H groups in total. The summed E-state index contributed by atoms with van der Waals surface area (Å²) in [5.41, 5.74) is 0.986. The zero-order chi connectivity index (χ0) is 8.10. The molecule has 0 aliphatic heterocycles. The molecule has 1 aromatic rings. The summed E-state index contributed by atoms with van der Waals surface area (Å²) < 4.78 is 0. The average Bonchev–Trinajstić information content (AvgIpc) is 2.01. The Morgan fingerprint density at radius 2 is 2.27 bits per heavy atom. The van der Waals surface area contributed by atoms with Crippen molar-refractivity contribution >= 4 is 11.6 Å². The molecule has 11 heavy (non-hydrogen) atoms. The van der Waals surface area contributed by atoms with E-state index >= 15 is 0 Å². The van der Waals surface area contributed by atoms with E-state index in [9.17, 15) is 0 Å². The highest BCUT2D eigenvalue weighted by Crippen LogP contribution is 2.09. The van der Waals surface area contributed by atoms with Crippen LogP contribution in [0.25, 0.3) is 0 Å². The first-order chi connectivity index (χ1) is 5.33. The molecule has 0 aliphatic carbocycles. The first-order valence-electron chi connectivity index (χ1n) is 3.57. The van der Waals surface area contributed by atoms with Gasteiger partial charge in [-0.2, -0.15) is 0 Å². The second kappa shape index (κ2) is 4.05. The zero-order valence-corrected chi connectivity index (χ0v) is 7.15. The minimum atomic E-state index is 0.743. The Morgan fingerprint density at radius 1 is 1.45 bits per heavy atom. The second-order valence-corrected chi connectivity index (χ2v) is 2.60. The normalized spacial score (nSPS) is 8.55. The lowest BCUT2D eigenvalue weighted by Gasteiger charge is -1.89. The van der Waals surface area contributed by atoms with E-state index in [0.29, 0.717) is 0 Å². The van der Waals surface area contributed by atoms with Gasteiger partial charge in [-0.3, -0.25) is 0 Å². The van der Waals surface area contributed by atoms with Gasteiger partial charge in [0.2, 0.25) is 0 Å². The maximum atomic E-state index is 5.76. The van der Waals surface area contributed by atoms with Gasteiger partial charge < -0.3 is 0 Å². The third-order valence-corrected chi connectivity index (χ3v) is 1.47. The quantitative estimate of drug-likeness (QED) is 0.517. The van der Waals surface area contributed by atoms with Crippen molar-refractivity contribution in [3.05, 3.63) is 34.9 Å². The van der Waals surface area contributed by atoms with Crippen LogP contribution in [0.3, 0.4) is 0 Å². The number of hydrogen-bond donors (Lipinski definition) is 0. The maximum Gasteiger partial charge on any atom is 0.0418 e. The highest BCUT2D eigenvalue weighted by Gasteiger charge is 1.86. The number of halogens is 1. The van der Waals surface area contributed by atoms with Gasteiger partial charge in [0.15, 0.2) is 0 Å². The van der Waals surface area contributed by atoms with Crippen molar-refractivity contribution < 1.29 is 0 Å². The minimum Gasteiger partial charge on any atom is -0.0982 e. The topological polar surface area (TPSA) is 0 Å². The van der Waals surface area contributed by atoms with Crippen LogP contribution in [0.15, 0.2) is 24.3 Å². The standard InChI is InChI=1S/C10H9Cl/c1-2-3-5-9-6-4-7-10(11)8-9/h4,6-8H,2H2,1H3. The van der Waals surface area contributed by atoms with E-state index in [1.165, 1.54) is 0 Å². The summed E-state index contributed by atoms with van der Waals surface area (Å²) in [7, 11) is 0. The molecule has 1 aromatic carbocycles. The van der Waals surface area contributed by atoms with Crippen LogP contribution in [-0.4, -0.2) is 0 Å². The van der Waals surface area contributed by atoms with E-state index in [-0.39, 0.29) is 0 Å². The van der Waals surface area contributed by atoms with Gasteiger partial charge in [0.25, 0.3) is 0 Å². The van der Waals surface area contributed by atoms with Crippen molar-refractivity contribution in [2.75, 3.05) is 0 Å². The molecule has 56 valence electrons. The van der Waals surface area contributed by atoms with Crippen LogP contribution in [-0.2, 0) is 0 Å². The molecule has 0 atom stereocenters. The Hall–Kier alpha value is -0.930. The third-order valence-electron chi connectivity index (χ3n) is 1.23. The number of rotatable bonds is 0. The van der Waals surface area contributed by atoms with Crippen LogP contribution in [0.1, 0.15) is 18.9 Å². The number of benzene rings is 1. The summed E-state index contributed by atoms with van der Waals surface area (Å²) >= 11 is 5.76. The Balaban J connectivity index is 2.87. The van der Waals surface area contributed by atoms with E-state index < -0.39 is 0 Å². The van der Waals surface area contributed by atoms with Gasteiger partial charge in [-0.25, -0.2) is 0 Å². The van der Waals surface area contributed by atoms with Gasteiger partial charge in [0.1, 0.15) is 0 Å². The summed E-state index contributed by atoms with van der Waals surface area (Å²) in [6.07, 6.45) is 0.881. The predicted molar refractivity (Wildman–Crippen MR) is 48.6 cm³/mol. The number of hydrogen-bond acceptors (Lipinski definition) is 0. The first-order valence-corrected chi connectivity index (χ1v) is 3.95. The van der Waals surface area contributed by atoms with E-state index in [1.54, 1.807) is 0 Å². The molecule has 0 amide bonds. The summed E-state index contributed by atoms with van der Waals surface area (Å²) in [6, 6.07) is 7.57. The van der Waals surface area contributed by atoms with E-state index in [0.717, 1.165) is 17.0 Å². The van der Waals surface area contributed by atoms with E-state index in [1.807, 2.05) is 31.2 Å². The van der Waals surface area contributed by atoms with Crippen LogP contribution in [0.4, 0.5) is 0 Å². The summed E-state index contributed by atoms with van der Waals surface area (Å²) in [4.78, 5) is 0. The fraction of sp³-hybridized carbons (Fsp3) is 0.200. The molecule has 1 rings (SSSR count). The Morgan fingerprint density at radius 3 is 2.91 bits per heavy atom. The fourth-order valence-electron chi connectivity index (χ4n) is 0.757. The van der Waals surface area contributed by atoms with Crippen LogP contribution < -0.4 is 0 Å². The van der Waals surface area contributed by atoms with Gasteiger partial charge in [0.05, 0.1) is 0 Å². The molecule has 0 bridgehead atoms. The molecule has 0 saturated carbocycles. The lowest BCUT2D eigenvalue weighted by Crippen LogP contribution is -1.71. The lowest BCUT2D eigenvalue weighted by molar-refractivity contribution is 1.28. The molecule has 0 radical (unpaired) electrons. The van der Waals surface area contributed by atoms with Gasteiger partial charge in [-0.15, -0.1) is 0 Å². The van der Waals surface area contributed by atoms with Gasteiger partial charge in [-0.1, -0.05) is 36.4 Å². The summed E-state index contributed by atoms with van der Waals surface area (Å²) in [5.74, 6) is 5.98. The predicted octanol–water partition coefficient (Wildman–Crippen LogP) is 3.10. The summed E-state index contributed by atoms with van der Waals surface area (Å²) in [6.45, 7) is 2.03. The Bertz CT molecular complexity index is 291. The van der Waals surface area contributed by atoms with Crippen LogP contribution in [0.5, 0.6) is 0 Å². The summed E-state index contributed by atoms with van der Waals surface area (Å²) in [5, 5.41) is 0.743. The first kappa shape index (κ1) is 8.17. The monoisotopic (exact) mass is 164 g/mol. The molecule has 0 spiro atoms. The smallest absolute Gasteiger partial charge is 0.0418 e. The van der Waals surface area contributed by atoms with Crippen LogP contribution >= 0.6 is 11.6 Å². The SMILES string of the molecule is CCC#Cc1cccc(Cl)c1. The highest BCUT2D eigenvalue weighted by atomic mass is 35.5. The van der Waals surface area contributed by atoms with Crippen molar-refractivity contribution in [2.45, 2.75) is 13.3 Å². The lowest BCUT2D eigenvalue weighted by atomic mass is 10.2. The average molecular weight is 165 g/mol. The molecule has 0 heterocycles. The minimum absolute atomic E-state index is 0.743. The second-order valence-electron chi connectivity index (χ2n) is 2.17. The largest absolute Gasteiger partial charge is 0.0982 e.